The molecular formula is C11H13BrN2O3S. The van der Waals surface area contributed by atoms with Gasteiger partial charge in [-0.3, -0.25) is 4.79 Å². The average Bonchev–Trinajstić information content (AvgIpc) is 2.24. The summed E-state index contributed by atoms with van der Waals surface area (Å²) < 4.78 is 22.9. The normalized spacial score (nSPS) is 11.1. The van der Waals surface area contributed by atoms with Crippen molar-refractivity contribution in [2.24, 2.45) is 5.14 Å². The lowest BCUT2D eigenvalue weighted by atomic mass is 10.1. The van der Waals surface area contributed by atoms with E-state index in [1.165, 1.54) is 18.2 Å². The van der Waals surface area contributed by atoms with Crippen LogP contribution in [0.3, 0.4) is 0 Å². The molecular weight excluding hydrogens is 320 g/mol. The lowest BCUT2D eigenvalue weighted by molar-refractivity contribution is 0.0957. The van der Waals surface area contributed by atoms with Crippen molar-refractivity contribution in [3.05, 3.63) is 40.4 Å². The number of carbonyl (C=O) groups is 1. The van der Waals surface area contributed by atoms with Crippen LogP contribution in [0.5, 0.6) is 0 Å². The Morgan fingerprint density at radius 2 is 2.11 bits per heavy atom. The van der Waals surface area contributed by atoms with Gasteiger partial charge in [0.1, 0.15) is 0 Å². The Balaban J connectivity index is 2.99. The van der Waals surface area contributed by atoms with E-state index in [0.717, 1.165) is 0 Å². The van der Waals surface area contributed by atoms with Crippen LogP contribution in [0.4, 0.5) is 0 Å². The Morgan fingerprint density at radius 1 is 1.50 bits per heavy atom. The minimum atomic E-state index is -3.75. The molecule has 98 valence electrons. The highest BCUT2D eigenvalue weighted by Gasteiger charge is 2.13. The van der Waals surface area contributed by atoms with Gasteiger partial charge in [0.2, 0.25) is 10.0 Å². The number of amides is 1. The summed E-state index contributed by atoms with van der Waals surface area (Å²) in [4.78, 5) is 11.8. The number of aryl methyl sites for hydroxylation is 1. The number of primary sulfonamides is 1. The third-order valence-corrected chi connectivity index (χ3v) is 3.40. The highest BCUT2D eigenvalue weighted by Crippen LogP contribution is 2.14. The number of benzene rings is 1. The van der Waals surface area contributed by atoms with Gasteiger partial charge >= 0.3 is 0 Å². The zero-order valence-corrected chi connectivity index (χ0v) is 12.1. The van der Waals surface area contributed by atoms with Gasteiger partial charge in [-0.1, -0.05) is 22.5 Å². The Kier molecular flexibility index (Phi) is 4.66. The number of hydrogen-bond acceptors (Lipinski definition) is 3. The third kappa shape index (κ3) is 3.94. The molecule has 0 unspecified atom stereocenters. The molecule has 0 saturated heterocycles. The van der Waals surface area contributed by atoms with Crippen LogP contribution in [0.1, 0.15) is 15.9 Å². The highest BCUT2D eigenvalue weighted by atomic mass is 79.9. The summed E-state index contributed by atoms with van der Waals surface area (Å²) in [5, 5.41) is 7.64. The molecule has 0 aliphatic heterocycles. The number of rotatable bonds is 4. The van der Waals surface area contributed by atoms with Crippen molar-refractivity contribution >= 4 is 31.9 Å². The van der Waals surface area contributed by atoms with Gasteiger partial charge in [0.25, 0.3) is 5.91 Å². The van der Waals surface area contributed by atoms with Crippen molar-refractivity contribution in [2.45, 2.75) is 11.8 Å². The van der Waals surface area contributed by atoms with E-state index in [9.17, 15) is 13.2 Å². The molecule has 1 aromatic rings. The molecule has 7 heteroatoms. The highest BCUT2D eigenvalue weighted by molar-refractivity contribution is 9.11. The monoisotopic (exact) mass is 332 g/mol. The molecule has 0 aliphatic rings. The van der Waals surface area contributed by atoms with Crippen LogP contribution in [0.15, 0.2) is 34.2 Å². The zero-order chi connectivity index (χ0) is 13.9. The molecule has 0 spiro atoms. The Labute approximate surface area is 114 Å². The molecule has 1 amide bonds. The Hall–Kier alpha value is -1.18. The molecule has 0 saturated carbocycles. The molecule has 1 aromatic carbocycles. The minimum absolute atomic E-state index is 0.0125. The van der Waals surface area contributed by atoms with Gasteiger partial charge in [0.05, 0.1) is 4.90 Å². The molecule has 0 aliphatic carbocycles. The number of halogens is 1. The van der Waals surface area contributed by atoms with E-state index in [0.29, 0.717) is 22.2 Å². The lowest BCUT2D eigenvalue weighted by Gasteiger charge is -2.08. The van der Waals surface area contributed by atoms with Crippen molar-refractivity contribution in [1.29, 1.82) is 0 Å². The molecule has 5 nitrogen and oxygen atoms in total. The first-order valence-electron chi connectivity index (χ1n) is 4.96. The zero-order valence-electron chi connectivity index (χ0n) is 9.73. The number of hydrogen-bond donors (Lipinski definition) is 2. The molecule has 0 radical (unpaired) electrons. The Bertz CT molecular complexity index is 596. The third-order valence-electron chi connectivity index (χ3n) is 2.21. The molecule has 0 aromatic heterocycles. The maximum atomic E-state index is 11.8. The minimum Gasteiger partial charge on any atom is -0.347 e. The first-order chi connectivity index (χ1) is 8.21. The van der Waals surface area contributed by atoms with E-state index in [2.05, 4.69) is 27.8 Å². The maximum absolute atomic E-state index is 11.8. The summed E-state index contributed by atoms with van der Waals surface area (Å²) in [6, 6.07) is 4.11. The number of sulfonamides is 1. The van der Waals surface area contributed by atoms with Crippen LogP contribution < -0.4 is 10.5 Å². The summed E-state index contributed by atoms with van der Waals surface area (Å²) in [7, 11) is -3.75. The van der Waals surface area contributed by atoms with Crippen LogP contribution in [-0.4, -0.2) is 20.9 Å². The molecule has 1 rings (SSSR count). The van der Waals surface area contributed by atoms with Crippen LogP contribution in [0.25, 0.3) is 0 Å². The van der Waals surface area contributed by atoms with E-state index in [-0.39, 0.29) is 10.8 Å². The first-order valence-corrected chi connectivity index (χ1v) is 7.30. The van der Waals surface area contributed by atoms with Crippen LogP contribution in [0, 0.1) is 6.92 Å². The van der Waals surface area contributed by atoms with Gasteiger partial charge in [-0.15, -0.1) is 0 Å². The first kappa shape index (κ1) is 14.9. The van der Waals surface area contributed by atoms with Crippen LogP contribution in [0.2, 0.25) is 0 Å². The molecule has 0 heterocycles. The van der Waals surface area contributed by atoms with E-state index >= 15 is 0 Å². The Morgan fingerprint density at radius 3 is 2.56 bits per heavy atom. The van der Waals surface area contributed by atoms with Gasteiger partial charge in [0, 0.05) is 16.6 Å². The van der Waals surface area contributed by atoms with Gasteiger partial charge in [-0.25, -0.2) is 13.6 Å². The predicted molar refractivity (Wildman–Crippen MR) is 73.0 cm³/mol. The standard InChI is InChI=1S/C11H13BrN2O3S/c1-7-5-9(18(13,16)17)3-4-10(7)11(15)14-6-8(2)12/h3-5H,2,6H2,1H3,(H,14,15)(H2,13,16,17). The fraction of sp³-hybridized carbons (Fsp3) is 0.182. The molecule has 18 heavy (non-hydrogen) atoms. The number of nitrogens with one attached hydrogen (secondary N) is 1. The fourth-order valence-corrected chi connectivity index (χ4v) is 2.08. The second-order valence-corrected chi connectivity index (χ2v) is 6.40. The van der Waals surface area contributed by atoms with Gasteiger partial charge in [-0.2, -0.15) is 0 Å². The molecule has 3 N–H and O–H groups in total. The molecule has 0 bridgehead atoms. The van der Waals surface area contributed by atoms with Crippen molar-refractivity contribution < 1.29 is 13.2 Å². The number of carbonyl (C=O) groups excluding carboxylic acids is 1. The summed E-state index contributed by atoms with van der Waals surface area (Å²) in [6.07, 6.45) is 0. The van der Waals surface area contributed by atoms with E-state index in [4.69, 9.17) is 5.14 Å². The smallest absolute Gasteiger partial charge is 0.251 e. The SMILES string of the molecule is C=C(Br)CNC(=O)c1ccc(S(N)(=O)=O)cc1C. The maximum Gasteiger partial charge on any atom is 0.251 e. The summed E-state index contributed by atoms with van der Waals surface area (Å²) in [6.45, 7) is 5.54. The van der Waals surface area contributed by atoms with Crippen molar-refractivity contribution in [1.82, 2.24) is 5.32 Å². The lowest BCUT2D eigenvalue weighted by Crippen LogP contribution is -2.25. The van der Waals surface area contributed by atoms with Crippen molar-refractivity contribution in [3.63, 3.8) is 0 Å². The van der Waals surface area contributed by atoms with Gasteiger partial charge in [-0.05, 0) is 30.7 Å². The van der Waals surface area contributed by atoms with E-state index < -0.39 is 10.0 Å². The van der Waals surface area contributed by atoms with Crippen LogP contribution >= 0.6 is 15.9 Å². The average molecular weight is 333 g/mol. The topological polar surface area (TPSA) is 89.3 Å². The quantitative estimate of drug-likeness (QED) is 0.870. The largest absolute Gasteiger partial charge is 0.347 e. The fourth-order valence-electron chi connectivity index (χ4n) is 1.34. The van der Waals surface area contributed by atoms with Crippen molar-refractivity contribution in [3.8, 4) is 0 Å². The summed E-state index contributed by atoms with van der Waals surface area (Å²) in [5.74, 6) is -0.297. The summed E-state index contributed by atoms with van der Waals surface area (Å²) >= 11 is 3.13. The van der Waals surface area contributed by atoms with Gasteiger partial charge < -0.3 is 5.32 Å². The van der Waals surface area contributed by atoms with E-state index in [1.54, 1.807) is 6.92 Å². The second kappa shape index (κ2) is 5.64. The van der Waals surface area contributed by atoms with Gasteiger partial charge in [0.15, 0.2) is 0 Å². The predicted octanol–water partition coefficient (Wildman–Crippen LogP) is 1.28. The van der Waals surface area contributed by atoms with E-state index in [1.807, 2.05) is 0 Å². The summed E-state index contributed by atoms with van der Waals surface area (Å²) in [5.41, 5.74) is 0.940. The van der Waals surface area contributed by atoms with Crippen molar-refractivity contribution in [2.75, 3.05) is 6.54 Å². The van der Waals surface area contributed by atoms with Crippen LogP contribution in [-0.2, 0) is 10.0 Å². The second-order valence-electron chi connectivity index (χ2n) is 3.72. The molecule has 0 fully saturated rings. The number of nitrogens with two attached hydrogens (primary N) is 1. The molecule has 0 atom stereocenters.